The average molecular weight is 481 g/mol. The molecule has 1 atom stereocenters. The Bertz CT molecular complexity index is 1420. The van der Waals surface area contributed by atoms with Gasteiger partial charge in [0, 0.05) is 36.3 Å². The summed E-state index contributed by atoms with van der Waals surface area (Å²) in [4.78, 5) is 35.4. The van der Waals surface area contributed by atoms with Gasteiger partial charge in [0.2, 0.25) is 11.8 Å². The number of aromatic nitrogens is 2. The van der Waals surface area contributed by atoms with Crippen LogP contribution in [-0.2, 0) is 16.1 Å². The monoisotopic (exact) mass is 480 g/mol. The second kappa shape index (κ2) is 9.61. The van der Waals surface area contributed by atoms with Gasteiger partial charge in [-0.2, -0.15) is 0 Å². The number of para-hydroxylation sites is 3. The number of imidazole rings is 1. The number of hydrogen-bond donors (Lipinski definition) is 0. The number of anilines is 2. The molecule has 2 heterocycles. The van der Waals surface area contributed by atoms with Gasteiger partial charge in [-0.05, 0) is 75.2 Å². The number of benzene rings is 3. The SMILES string of the molecule is Cc1ccc(N2CC(c3nc4ccccc4n3CC(=O)N(c3ccccc3)C(C)C)CC2=O)cc1C. The third kappa shape index (κ3) is 4.39. The van der Waals surface area contributed by atoms with E-state index in [0.29, 0.717) is 13.0 Å². The Morgan fingerprint density at radius 2 is 1.72 bits per heavy atom. The first-order valence-electron chi connectivity index (χ1n) is 12.5. The van der Waals surface area contributed by atoms with Gasteiger partial charge >= 0.3 is 0 Å². The van der Waals surface area contributed by atoms with E-state index in [2.05, 4.69) is 26.0 Å². The van der Waals surface area contributed by atoms with E-state index in [1.54, 1.807) is 0 Å². The fourth-order valence-electron chi connectivity index (χ4n) is 5.13. The summed E-state index contributed by atoms with van der Waals surface area (Å²) in [6.45, 7) is 8.89. The average Bonchev–Trinajstić information content (AvgIpc) is 3.42. The van der Waals surface area contributed by atoms with E-state index in [1.165, 1.54) is 5.56 Å². The highest BCUT2D eigenvalue weighted by molar-refractivity contribution is 5.97. The van der Waals surface area contributed by atoms with Crippen molar-refractivity contribution in [2.24, 2.45) is 0 Å². The Kier molecular flexibility index (Phi) is 6.35. The van der Waals surface area contributed by atoms with Crippen molar-refractivity contribution >= 4 is 34.2 Å². The zero-order valence-corrected chi connectivity index (χ0v) is 21.3. The summed E-state index contributed by atoms with van der Waals surface area (Å²) in [5.41, 5.74) is 5.91. The minimum atomic E-state index is -0.0939. The lowest BCUT2D eigenvalue weighted by Gasteiger charge is -2.28. The molecule has 1 aliphatic heterocycles. The minimum Gasteiger partial charge on any atom is -0.318 e. The van der Waals surface area contributed by atoms with Gasteiger partial charge in [-0.1, -0.05) is 36.4 Å². The summed E-state index contributed by atoms with van der Waals surface area (Å²) in [5.74, 6) is 0.779. The highest BCUT2D eigenvalue weighted by Gasteiger charge is 2.35. The van der Waals surface area contributed by atoms with Gasteiger partial charge in [0.25, 0.3) is 0 Å². The van der Waals surface area contributed by atoms with E-state index in [4.69, 9.17) is 4.98 Å². The van der Waals surface area contributed by atoms with E-state index < -0.39 is 0 Å². The van der Waals surface area contributed by atoms with Crippen molar-refractivity contribution in [2.45, 2.75) is 52.6 Å². The lowest BCUT2D eigenvalue weighted by Crippen LogP contribution is -2.39. The molecule has 0 spiro atoms. The number of aryl methyl sites for hydroxylation is 2. The van der Waals surface area contributed by atoms with Crippen LogP contribution >= 0.6 is 0 Å². The molecular formula is C30H32N4O2. The van der Waals surface area contributed by atoms with Crippen molar-refractivity contribution in [3.63, 3.8) is 0 Å². The molecule has 36 heavy (non-hydrogen) atoms. The Morgan fingerprint density at radius 3 is 2.44 bits per heavy atom. The Morgan fingerprint density at radius 1 is 1.00 bits per heavy atom. The maximum Gasteiger partial charge on any atom is 0.247 e. The largest absolute Gasteiger partial charge is 0.318 e. The Labute approximate surface area is 212 Å². The summed E-state index contributed by atoms with van der Waals surface area (Å²) in [7, 11) is 0. The van der Waals surface area contributed by atoms with Crippen LogP contribution in [0.1, 0.15) is 43.1 Å². The van der Waals surface area contributed by atoms with Crippen molar-refractivity contribution in [1.82, 2.24) is 9.55 Å². The molecule has 3 aromatic carbocycles. The van der Waals surface area contributed by atoms with E-state index in [9.17, 15) is 9.59 Å². The Balaban J connectivity index is 1.49. The van der Waals surface area contributed by atoms with Gasteiger partial charge in [-0.25, -0.2) is 4.98 Å². The number of carbonyl (C=O) groups is 2. The van der Waals surface area contributed by atoms with Gasteiger partial charge in [0.1, 0.15) is 12.4 Å². The topological polar surface area (TPSA) is 58.4 Å². The lowest BCUT2D eigenvalue weighted by atomic mass is 10.1. The first-order valence-corrected chi connectivity index (χ1v) is 12.5. The summed E-state index contributed by atoms with van der Waals surface area (Å²) in [6.07, 6.45) is 0.372. The Hall–Kier alpha value is -3.93. The van der Waals surface area contributed by atoms with Crippen molar-refractivity contribution in [2.75, 3.05) is 16.3 Å². The van der Waals surface area contributed by atoms with Gasteiger partial charge in [-0.3, -0.25) is 9.59 Å². The molecule has 0 radical (unpaired) electrons. The number of nitrogens with zero attached hydrogens (tertiary/aromatic N) is 4. The van der Waals surface area contributed by atoms with Crippen LogP contribution in [0.25, 0.3) is 11.0 Å². The molecular weight excluding hydrogens is 448 g/mol. The van der Waals surface area contributed by atoms with Crippen LogP contribution in [0.3, 0.4) is 0 Å². The molecule has 1 fully saturated rings. The lowest BCUT2D eigenvalue weighted by molar-refractivity contribution is -0.119. The maximum atomic E-state index is 13.7. The fourth-order valence-corrected chi connectivity index (χ4v) is 5.13. The molecule has 4 aromatic rings. The summed E-state index contributed by atoms with van der Waals surface area (Å²) < 4.78 is 2.01. The third-order valence-electron chi connectivity index (χ3n) is 7.09. The van der Waals surface area contributed by atoms with Gasteiger partial charge < -0.3 is 14.4 Å². The minimum absolute atomic E-state index is 0.00376. The van der Waals surface area contributed by atoms with Crippen LogP contribution in [0.5, 0.6) is 0 Å². The second-order valence-corrected chi connectivity index (χ2v) is 9.91. The van der Waals surface area contributed by atoms with Crippen LogP contribution < -0.4 is 9.80 Å². The summed E-state index contributed by atoms with van der Waals surface area (Å²) >= 11 is 0. The zero-order valence-electron chi connectivity index (χ0n) is 21.3. The molecule has 0 saturated carbocycles. The van der Waals surface area contributed by atoms with Crippen molar-refractivity contribution in [3.05, 3.63) is 89.7 Å². The normalized spacial score (nSPS) is 15.8. The smallest absolute Gasteiger partial charge is 0.247 e. The number of amides is 2. The predicted octanol–water partition coefficient (Wildman–Crippen LogP) is 5.62. The molecule has 0 aliphatic carbocycles. The predicted molar refractivity (Wildman–Crippen MR) is 144 cm³/mol. The molecule has 6 heteroatoms. The maximum absolute atomic E-state index is 13.7. The second-order valence-electron chi connectivity index (χ2n) is 9.91. The molecule has 1 aliphatic rings. The molecule has 2 amide bonds. The highest BCUT2D eigenvalue weighted by atomic mass is 16.2. The molecule has 0 N–H and O–H groups in total. The standard InChI is InChI=1S/C30H32N4O2/c1-20(2)34(24-10-6-5-7-11-24)29(36)19-33-27-13-9-8-12-26(27)31-30(33)23-17-28(35)32(18-23)25-15-14-21(3)22(4)16-25/h5-16,20,23H,17-19H2,1-4H3. The van der Waals surface area contributed by atoms with E-state index in [1.807, 2.05) is 88.9 Å². The summed E-state index contributed by atoms with van der Waals surface area (Å²) in [5, 5.41) is 0. The van der Waals surface area contributed by atoms with E-state index >= 15 is 0 Å². The molecule has 184 valence electrons. The van der Waals surface area contributed by atoms with Gasteiger partial charge in [0.15, 0.2) is 0 Å². The van der Waals surface area contributed by atoms with E-state index in [0.717, 1.165) is 33.8 Å². The molecule has 5 rings (SSSR count). The van der Waals surface area contributed by atoms with Crippen LogP contribution in [0.2, 0.25) is 0 Å². The van der Waals surface area contributed by atoms with Crippen molar-refractivity contribution in [3.8, 4) is 0 Å². The van der Waals surface area contributed by atoms with Crippen LogP contribution in [-0.4, -0.2) is 34.0 Å². The molecule has 0 bridgehead atoms. The number of carbonyl (C=O) groups excluding carboxylic acids is 2. The molecule has 1 unspecified atom stereocenters. The quantitative estimate of drug-likeness (QED) is 0.360. The zero-order chi connectivity index (χ0) is 25.4. The first-order chi connectivity index (χ1) is 17.3. The molecule has 1 aromatic heterocycles. The van der Waals surface area contributed by atoms with Crippen LogP contribution in [0.15, 0.2) is 72.8 Å². The highest BCUT2D eigenvalue weighted by Crippen LogP contribution is 2.34. The summed E-state index contributed by atoms with van der Waals surface area (Å²) in [6, 6.07) is 23.8. The van der Waals surface area contributed by atoms with Crippen molar-refractivity contribution < 1.29 is 9.59 Å². The van der Waals surface area contributed by atoms with Crippen LogP contribution in [0.4, 0.5) is 11.4 Å². The number of fused-ring (bicyclic) bond motifs is 1. The molecule has 1 saturated heterocycles. The third-order valence-corrected chi connectivity index (χ3v) is 7.09. The van der Waals surface area contributed by atoms with Crippen molar-refractivity contribution in [1.29, 1.82) is 0 Å². The van der Waals surface area contributed by atoms with Crippen LogP contribution in [0, 0.1) is 13.8 Å². The van der Waals surface area contributed by atoms with Gasteiger partial charge in [-0.15, -0.1) is 0 Å². The first kappa shape index (κ1) is 23.8. The van der Waals surface area contributed by atoms with Gasteiger partial charge in [0.05, 0.1) is 11.0 Å². The molecule has 6 nitrogen and oxygen atoms in total. The fraction of sp³-hybridized carbons (Fsp3) is 0.300. The number of hydrogen-bond acceptors (Lipinski definition) is 3. The van der Waals surface area contributed by atoms with E-state index in [-0.39, 0.29) is 30.3 Å². The number of rotatable bonds is 6.